The highest BCUT2D eigenvalue weighted by Crippen LogP contribution is 2.28. The Hall–Kier alpha value is -3.43. The van der Waals surface area contributed by atoms with Crippen LogP contribution in [-0.2, 0) is 20.9 Å². The number of carbonyl (C=O) groups is 5. The van der Waals surface area contributed by atoms with E-state index in [0.717, 1.165) is 32.1 Å². The molecule has 1 aromatic rings. The molecule has 2 aliphatic rings. The summed E-state index contributed by atoms with van der Waals surface area (Å²) in [5.41, 5.74) is 1.16. The van der Waals surface area contributed by atoms with Crippen LogP contribution in [0.4, 0.5) is 4.79 Å². The number of unbranched alkanes of at least 4 members (excludes halogenated alkanes) is 4. The first-order valence-electron chi connectivity index (χ1n) is 12.6. The van der Waals surface area contributed by atoms with Crippen molar-refractivity contribution in [2.45, 2.75) is 83.9 Å². The van der Waals surface area contributed by atoms with Gasteiger partial charge in [0.1, 0.15) is 11.6 Å². The molecular weight excluding hydrogens is 464 g/mol. The molecule has 5 amide bonds. The number of alkyl carbamates (subject to hydrolysis) is 1. The molecule has 2 aliphatic heterocycles. The van der Waals surface area contributed by atoms with Crippen molar-refractivity contribution in [3.63, 3.8) is 0 Å². The molecule has 3 rings (SSSR count). The van der Waals surface area contributed by atoms with Gasteiger partial charge in [0, 0.05) is 37.2 Å². The summed E-state index contributed by atoms with van der Waals surface area (Å²) in [6.07, 6.45) is 4.77. The Balaban J connectivity index is 1.34. The summed E-state index contributed by atoms with van der Waals surface area (Å²) >= 11 is 0. The van der Waals surface area contributed by atoms with Crippen LogP contribution in [-0.4, -0.2) is 59.4 Å². The Kier molecular flexibility index (Phi) is 9.06. The Morgan fingerprint density at radius 2 is 1.69 bits per heavy atom. The fourth-order valence-electron chi connectivity index (χ4n) is 4.30. The molecule has 10 heteroatoms. The molecule has 1 fully saturated rings. The van der Waals surface area contributed by atoms with Crippen LogP contribution in [0.2, 0.25) is 0 Å². The van der Waals surface area contributed by atoms with Crippen LogP contribution in [0, 0.1) is 0 Å². The van der Waals surface area contributed by atoms with E-state index in [9.17, 15) is 24.0 Å². The number of ether oxygens (including phenoxy) is 1. The van der Waals surface area contributed by atoms with Crippen molar-refractivity contribution in [2.24, 2.45) is 0 Å². The van der Waals surface area contributed by atoms with E-state index in [1.807, 2.05) is 20.8 Å². The highest BCUT2D eigenvalue weighted by molar-refractivity contribution is 6.06. The summed E-state index contributed by atoms with van der Waals surface area (Å²) in [6, 6.07) is 4.28. The number of nitrogens with zero attached hydrogens (tertiary/aromatic N) is 1. The van der Waals surface area contributed by atoms with Gasteiger partial charge in [-0.25, -0.2) is 4.79 Å². The number of fused-ring (bicyclic) bond motifs is 1. The topological polar surface area (TPSA) is 134 Å². The maximum absolute atomic E-state index is 12.8. The molecule has 0 spiro atoms. The molecule has 1 atom stereocenters. The van der Waals surface area contributed by atoms with Crippen LogP contribution in [0.25, 0.3) is 0 Å². The Labute approximate surface area is 211 Å². The lowest BCUT2D eigenvalue weighted by Crippen LogP contribution is -2.52. The summed E-state index contributed by atoms with van der Waals surface area (Å²) in [5, 5.41) is 7.94. The molecule has 1 saturated heterocycles. The Morgan fingerprint density at radius 3 is 2.36 bits per heavy atom. The number of imide groups is 1. The summed E-state index contributed by atoms with van der Waals surface area (Å²) in [7, 11) is 0. The lowest BCUT2D eigenvalue weighted by Gasteiger charge is -2.29. The molecule has 0 aromatic heterocycles. The van der Waals surface area contributed by atoms with Crippen molar-refractivity contribution < 1.29 is 28.7 Å². The highest BCUT2D eigenvalue weighted by Gasteiger charge is 2.39. The first kappa shape index (κ1) is 27.2. The molecule has 0 aliphatic carbocycles. The standard InChI is InChI=1S/C26H36N4O6/c1-26(2,3)36-25(35)28-14-8-6-4-5-7-13-27-22(32)17-9-10-19-18(15-17)16-30(24(19)34)20-11-12-21(31)29-23(20)33/h9-10,15,20H,4-8,11-14,16H2,1-3H3,(H,27,32)(H,28,35)(H,29,31,33). The third-order valence-electron chi connectivity index (χ3n) is 6.09. The van der Waals surface area contributed by atoms with E-state index in [1.54, 1.807) is 18.2 Å². The highest BCUT2D eigenvalue weighted by atomic mass is 16.6. The van der Waals surface area contributed by atoms with Crippen molar-refractivity contribution in [3.05, 3.63) is 34.9 Å². The average molecular weight is 501 g/mol. The van der Waals surface area contributed by atoms with Crippen LogP contribution < -0.4 is 16.0 Å². The first-order valence-corrected chi connectivity index (χ1v) is 12.6. The van der Waals surface area contributed by atoms with Crippen molar-refractivity contribution in [1.29, 1.82) is 0 Å². The van der Waals surface area contributed by atoms with E-state index in [1.165, 1.54) is 4.90 Å². The zero-order valence-corrected chi connectivity index (χ0v) is 21.3. The van der Waals surface area contributed by atoms with Gasteiger partial charge in [0.15, 0.2) is 0 Å². The van der Waals surface area contributed by atoms with Gasteiger partial charge in [-0.05, 0) is 63.8 Å². The third kappa shape index (κ3) is 7.53. The molecule has 0 saturated carbocycles. The van der Waals surface area contributed by atoms with Gasteiger partial charge in [0.05, 0.1) is 0 Å². The van der Waals surface area contributed by atoms with Crippen molar-refractivity contribution >= 4 is 29.7 Å². The lowest BCUT2D eigenvalue weighted by atomic mass is 10.0. The van der Waals surface area contributed by atoms with E-state index in [0.29, 0.717) is 36.2 Å². The molecule has 3 N–H and O–H groups in total. The van der Waals surface area contributed by atoms with Gasteiger partial charge in [-0.15, -0.1) is 0 Å². The molecule has 1 unspecified atom stereocenters. The number of rotatable bonds is 10. The molecule has 10 nitrogen and oxygen atoms in total. The van der Waals surface area contributed by atoms with Gasteiger partial charge in [-0.2, -0.15) is 0 Å². The minimum absolute atomic E-state index is 0.202. The molecule has 2 heterocycles. The maximum Gasteiger partial charge on any atom is 0.407 e. The van der Waals surface area contributed by atoms with Crippen LogP contribution in [0.3, 0.4) is 0 Å². The molecule has 36 heavy (non-hydrogen) atoms. The summed E-state index contributed by atoms with van der Waals surface area (Å²) in [5.74, 6) is -1.24. The average Bonchev–Trinajstić information content (AvgIpc) is 3.12. The number of hydrogen-bond acceptors (Lipinski definition) is 6. The fourth-order valence-corrected chi connectivity index (χ4v) is 4.30. The minimum Gasteiger partial charge on any atom is -0.444 e. The molecule has 0 bridgehead atoms. The van der Waals surface area contributed by atoms with Crippen LogP contribution >= 0.6 is 0 Å². The van der Waals surface area contributed by atoms with Gasteiger partial charge < -0.3 is 20.3 Å². The fraction of sp³-hybridized carbons (Fsp3) is 0.577. The van der Waals surface area contributed by atoms with Crippen molar-refractivity contribution in [1.82, 2.24) is 20.9 Å². The largest absolute Gasteiger partial charge is 0.444 e. The van der Waals surface area contributed by atoms with Crippen LogP contribution in [0.15, 0.2) is 18.2 Å². The number of hydrogen-bond donors (Lipinski definition) is 3. The number of nitrogens with one attached hydrogen (secondary N) is 3. The lowest BCUT2D eigenvalue weighted by molar-refractivity contribution is -0.136. The molecule has 1 aromatic carbocycles. The summed E-state index contributed by atoms with van der Waals surface area (Å²) < 4.78 is 5.19. The number of carbonyl (C=O) groups excluding carboxylic acids is 5. The summed E-state index contributed by atoms with van der Waals surface area (Å²) in [6.45, 7) is 6.85. The quantitative estimate of drug-likeness (QED) is 0.334. The second kappa shape index (κ2) is 12.0. The Bertz CT molecular complexity index is 1020. The molecule has 0 radical (unpaired) electrons. The van der Waals surface area contributed by atoms with E-state index in [-0.39, 0.29) is 30.7 Å². The maximum atomic E-state index is 12.8. The van der Waals surface area contributed by atoms with Gasteiger partial charge in [-0.3, -0.25) is 24.5 Å². The van der Waals surface area contributed by atoms with E-state index >= 15 is 0 Å². The Morgan fingerprint density at radius 1 is 1.03 bits per heavy atom. The third-order valence-corrected chi connectivity index (χ3v) is 6.09. The van der Waals surface area contributed by atoms with E-state index in [2.05, 4.69) is 16.0 Å². The van der Waals surface area contributed by atoms with Gasteiger partial charge in [0.2, 0.25) is 11.8 Å². The van der Waals surface area contributed by atoms with Crippen molar-refractivity contribution in [2.75, 3.05) is 13.1 Å². The molecular formula is C26H36N4O6. The normalized spacial score (nSPS) is 17.5. The van der Waals surface area contributed by atoms with E-state index < -0.39 is 23.6 Å². The zero-order chi connectivity index (χ0) is 26.3. The number of amides is 5. The van der Waals surface area contributed by atoms with E-state index in [4.69, 9.17) is 4.74 Å². The second-order valence-corrected chi connectivity index (χ2v) is 10.2. The van der Waals surface area contributed by atoms with Crippen LogP contribution in [0.1, 0.15) is 92.0 Å². The number of piperidine rings is 1. The van der Waals surface area contributed by atoms with Gasteiger partial charge in [0.25, 0.3) is 11.8 Å². The number of benzene rings is 1. The SMILES string of the molecule is CC(C)(C)OC(=O)NCCCCCCCNC(=O)c1ccc2c(c1)CN(C1CCC(=O)NC1=O)C2=O. The minimum atomic E-state index is -0.673. The predicted molar refractivity (Wildman–Crippen MR) is 132 cm³/mol. The zero-order valence-electron chi connectivity index (χ0n) is 21.3. The van der Waals surface area contributed by atoms with Crippen molar-refractivity contribution in [3.8, 4) is 0 Å². The second-order valence-electron chi connectivity index (χ2n) is 10.2. The summed E-state index contributed by atoms with van der Waals surface area (Å²) in [4.78, 5) is 62.0. The first-order chi connectivity index (χ1) is 17.0. The van der Waals surface area contributed by atoms with Crippen LogP contribution in [0.5, 0.6) is 0 Å². The predicted octanol–water partition coefficient (Wildman–Crippen LogP) is 2.65. The smallest absolute Gasteiger partial charge is 0.407 e. The van der Waals surface area contributed by atoms with Gasteiger partial charge in [-0.1, -0.05) is 19.3 Å². The van der Waals surface area contributed by atoms with Gasteiger partial charge >= 0.3 is 6.09 Å². The molecule has 196 valence electrons. The monoisotopic (exact) mass is 500 g/mol.